The van der Waals surface area contributed by atoms with E-state index in [2.05, 4.69) is 342 Å². The second kappa shape index (κ2) is 21.9. The number of rotatable bonds is 16. The van der Waals surface area contributed by atoms with Gasteiger partial charge in [-0.2, -0.15) is 0 Å². The van der Waals surface area contributed by atoms with Crippen molar-refractivity contribution in [2.75, 3.05) is 9.80 Å². The van der Waals surface area contributed by atoms with E-state index in [0.717, 1.165) is 17.8 Å². The van der Waals surface area contributed by atoms with Gasteiger partial charge in [0.25, 0.3) is 0 Å². The maximum atomic E-state index is 2.63. The highest BCUT2D eigenvalue weighted by molar-refractivity contribution is 6.08. The summed E-state index contributed by atoms with van der Waals surface area (Å²) in [7, 11) is 0. The SMILES string of the molecule is CC(C)C1=CC(N(c2ccc(C(C)(C)c3ccccc3)cc2)c2ccc(C(C)(C)c3ccccc3)cc2)c2ccc3c(C(C)C)cc(N(c4ccc(C(C)(C)c5ccccc5)cc4)c4ccc(C(C)(C)c5ccccc5)cc4)c4c3c2C1=CC4. The zero-order valence-corrected chi connectivity index (χ0v) is 51.5. The number of anilines is 5. The number of nitrogens with zero attached hydrogens (tertiary/aromatic N) is 2. The fourth-order valence-electron chi connectivity index (χ4n) is 13.8. The summed E-state index contributed by atoms with van der Waals surface area (Å²) in [5, 5.41) is 2.74. The maximum absolute atomic E-state index is 2.63. The van der Waals surface area contributed by atoms with Crippen LogP contribution >= 0.6 is 0 Å². The number of allylic oxidation sites excluding steroid dienone is 3. The molecular formula is C82H82N2. The van der Waals surface area contributed by atoms with Crippen molar-refractivity contribution in [2.45, 2.75) is 123 Å². The molecule has 0 amide bonds. The van der Waals surface area contributed by atoms with Crippen molar-refractivity contribution in [3.8, 4) is 0 Å². The zero-order valence-electron chi connectivity index (χ0n) is 51.5. The molecule has 12 rings (SSSR count). The van der Waals surface area contributed by atoms with Gasteiger partial charge in [0.15, 0.2) is 0 Å². The van der Waals surface area contributed by atoms with Gasteiger partial charge in [-0.15, -0.1) is 0 Å². The second-order valence-electron chi connectivity index (χ2n) is 26.5. The van der Waals surface area contributed by atoms with Gasteiger partial charge in [0, 0.05) is 44.4 Å². The minimum atomic E-state index is -0.178. The van der Waals surface area contributed by atoms with Gasteiger partial charge in [-0.3, -0.25) is 0 Å². The van der Waals surface area contributed by atoms with E-state index in [1.165, 1.54) is 106 Å². The summed E-state index contributed by atoms with van der Waals surface area (Å²) in [5.41, 5.74) is 23.8. The Kier molecular flexibility index (Phi) is 14.6. The predicted molar refractivity (Wildman–Crippen MR) is 359 cm³/mol. The number of benzene rings is 10. The first-order valence-electron chi connectivity index (χ1n) is 30.6. The van der Waals surface area contributed by atoms with Crippen molar-refractivity contribution in [2.24, 2.45) is 5.92 Å². The quantitative estimate of drug-likeness (QED) is 0.0951. The minimum Gasteiger partial charge on any atom is -0.330 e. The lowest BCUT2D eigenvalue weighted by Crippen LogP contribution is -2.28. The zero-order chi connectivity index (χ0) is 58.7. The highest BCUT2D eigenvalue weighted by Gasteiger charge is 2.37. The van der Waals surface area contributed by atoms with Crippen molar-refractivity contribution < 1.29 is 0 Å². The van der Waals surface area contributed by atoms with Crippen LogP contribution in [0.1, 0.15) is 162 Å². The van der Waals surface area contributed by atoms with Gasteiger partial charge in [0.2, 0.25) is 0 Å². The van der Waals surface area contributed by atoms with Crippen molar-refractivity contribution in [1.29, 1.82) is 0 Å². The van der Waals surface area contributed by atoms with Crippen LogP contribution in [0.5, 0.6) is 0 Å². The molecule has 0 saturated heterocycles. The largest absolute Gasteiger partial charge is 0.330 e. The van der Waals surface area contributed by atoms with Crippen molar-refractivity contribution in [3.63, 3.8) is 0 Å². The molecule has 0 aliphatic heterocycles. The molecule has 0 saturated carbocycles. The lowest BCUT2D eigenvalue weighted by molar-refractivity contribution is 0.640. The van der Waals surface area contributed by atoms with Gasteiger partial charge in [0.1, 0.15) is 0 Å². The number of hydrogen-bond acceptors (Lipinski definition) is 2. The van der Waals surface area contributed by atoms with Crippen molar-refractivity contribution in [3.05, 3.63) is 321 Å². The summed E-state index contributed by atoms with van der Waals surface area (Å²) < 4.78 is 0. The molecule has 0 aromatic heterocycles. The van der Waals surface area contributed by atoms with E-state index in [0.29, 0.717) is 0 Å². The molecule has 0 N–H and O–H groups in total. The van der Waals surface area contributed by atoms with Gasteiger partial charge in [-0.05, 0) is 162 Å². The molecule has 2 aliphatic carbocycles. The van der Waals surface area contributed by atoms with E-state index in [-0.39, 0.29) is 39.5 Å². The standard InChI is InChI=1S/C82H82N2/c1-55(2)73-53-75(83(65-41-33-61(34-42-65)79(5,6)57-25-17-13-18-26-57)66-43-35-62(36-44-66)80(7,8)58-27-19-14-20-28-58)71-52-50-70-74(56(3)4)54-76(72-51-49-69(73)77(71)78(70)72)84(67-45-37-63(38-46-67)81(9,10)59-29-21-15-22-30-59)68-47-39-64(40-48-68)82(11,12)60-31-23-16-24-32-60/h13-51,53-56,76H,52H2,1-12H3. The Bertz CT molecular complexity index is 3840. The molecule has 0 spiro atoms. The smallest absolute Gasteiger partial charge is 0.0787 e. The minimum absolute atomic E-state index is 0.103. The molecule has 2 heteroatoms. The average Bonchev–Trinajstić information content (AvgIpc) is 1.31. The molecule has 0 radical (unpaired) electrons. The first kappa shape index (κ1) is 56.0. The molecule has 1 unspecified atom stereocenters. The fourth-order valence-corrected chi connectivity index (χ4v) is 13.8. The topological polar surface area (TPSA) is 6.48 Å². The van der Waals surface area contributed by atoms with Crippen LogP contribution in [0.25, 0.3) is 16.3 Å². The summed E-state index contributed by atoms with van der Waals surface area (Å²) in [4.78, 5) is 5.19. The van der Waals surface area contributed by atoms with E-state index in [4.69, 9.17) is 0 Å². The summed E-state index contributed by atoms with van der Waals surface area (Å²) in [6.45, 7) is 28.3. The molecule has 84 heavy (non-hydrogen) atoms. The van der Waals surface area contributed by atoms with Gasteiger partial charge in [-0.25, -0.2) is 0 Å². The van der Waals surface area contributed by atoms with Crippen LogP contribution in [0, 0.1) is 5.92 Å². The molecule has 0 heterocycles. The van der Waals surface area contributed by atoms with Crippen molar-refractivity contribution >= 4 is 44.8 Å². The first-order chi connectivity index (χ1) is 40.3. The van der Waals surface area contributed by atoms with Gasteiger partial charge < -0.3 is 9.80 Å². The first-order valence-corrected chi connectivity index (χ1v) is 30.6. The molecule has 1 atom stereocenters. The van der Waals surface area contributed by atoms with Crippen LogP contribution < -0.4 is 9.80 Å². The molecule has 2 nitrogen and oxygen atoms in total. The van der Waals surface area contributed by atoms with E-state index in [9.17, 15) is 0 Å². The Morgan fingerprint density at radius 1 is 0.381 bits per heavy atom. The Balaban J connectivity index is 1.06. The second-order valence-corrected chi connectivity index (χ2v) is 26.5. The lowest BCUT2D eigenvalue weighted by atomic mass is 9.72. The molecule has 0 fully saturated rings. The molecular weight excluding hydrogens is 1010 g/mol. The van der Waals surface area contributed by atoms with E-state index in [1.807, 2.05) is 0 Å². The van der Waals surface area contributed by atoms with Crippen LogP contribution in [0.4, 0.5) is 28.4 Å². The van der Waals surface area contributed by atoms with Gasteiger partial charge in [-0.1, -0.05) is 277 Å². The highest BCUT2D eigenvalue weighted by Crippen LogP contribution is 2.54. The van der Waals surface area contributed by atoms with Crippen LogP contribution in [-0.2, 0) is 28.1 Å². The van der Waals surface area contributed by atoms with Crippen LogP contribution in [0.3, 0.4) is 0 Å². The summed E-state index contributed by atoms with van der Waals surface area (Å²) in [6, 6.07) is 89.0. The van der Waals surface area contributed by atoms with E-state index < -0.39 is 0 Å². The van der Waals surface area contributed by atoms with E-state index >= 15 is 0 Å². The van der Waals surface area contributed by atoms with Crippen molar-refractivity contribution in [1.82, 2.24) is 0 Å². The normalized spacial score (nSPS) is 14.4. The van der Waals surface area contributed by atoms with Crippen LogP contribution in [0.15, 0.2) is 254 Å². The molecule has 420 valence electrons. The van der Waals surface area contributed by atoms with Gasteiger partial charge in [0.05, 0.1) is 11.7 Å². The Labute approximate surface area is 501 Å². The third-order valence-corrected chi connectivity index (χ3v) is 19.4. The molecule has 2 aliphatic rings. The predicted octanol–water partition coefficient (Wildman–Crippen LogP) is 22.2. The molecule has 10 aromatic carbocycles. The van der Waals surface area contributed by atoms with E-state index in [1.54, 1.807) is 0 Å². The van der Waals surface area contributed by atoms with Crippen LogP contribution in [0.2, 0.25) is 0 Å². The highest BCUT2D eigenvalue weighted by atomic mass is 15.2. The monoisotopic (exact) mass is 1090 g/mol. The third-order valence-electron chi connectivity index (χ3n) is 19.4. The lowest BCUT2D eigenvalue weighted by Gasteiger charge is -2.41. The fraction of sp³-hybridized carbons (Fsp3) is 0.244. The average molecular weight is 1100 g/mol. The molecule has 10 aromatic rings. The van der Waals surface area contributed by atoms with Crippen LogP contribution in [-0.4, -0.2) is 0 Å². The third kappa shape index (κ3) is 9.92. The summed E-state index contributed by atoms with van der Waals surface area (Å²) in [6.07, 6.45) is 6.00. The summed E-state index contributed by atoms with van der Waals surface area (Å²) in [5.74, 6) is 0.554. The Morgan fingerprint density at radius 2 is 0.726 bits per heavy atom. The maximum Gasteiger partial charge on any atom is 0.0787 e. The Hall–Kier alpha value is -8.46. The number of hydrogen-bond donors (Lipinski definition) is 0. The Morgan fingerprint density at radius 3 is 1.07 bits per heavy atom. The summed E-state index contributed by atoms with van der Waals surface area (Å²) >= 11 is 0. The molecule has 0 bridgehead atoms. The van der Waals surface area contributed by atoms with Gasteiger partial charge >= 0.3 is 0 Å².